The van der Waals surface area contributed by atoms with Crippen molar-refractivity contribution in [2.45, 2.75) is 0 Å². The van der Waals surface area contributed by atoms with E-state index in [1.165, 1.54) is 12.1 Å². The summed E-state index contributed by atoms with van der Waals surface area (Å²) in [5.41, 5.74) is 0.664. The molecule has 7 heteroatoms. The number of nitrogens with one attached hydrogen (secondary N) is 1. The molecule has 0 saturated carbocycles. The maximum Gasteiger partial charge on any atom is 0.335 e. The van der Waals surface area contributed by atoms with E-state index in [9.17, 15) is 14.4 Å². The fourth-order valence-corrected chi connectivity index (χ4v) is 2.60. The molecule has 6 nitrogen and oxygen atoms in total. The van der Waals surface area contributed by atoms with Crippen LogP contribution in [0.5, 0.6) is 5.75 Å². The van der Waals surface area contributed by atoms with Gasteiger partial charge in [-0.3, -0.25) is 14.9 Å². The van der Waals surface area contributed by atoms with Crippen molar-refractivity contribution < 1.29 is 19.1 Å². The molecule has 1 aliphatic rings. The van der Waals surface area contributed by atoms with E-state index in [0.29, 0.717) is 11.3 Å². The minimum Gasteiger partial charge on any atom is -0.497 e. The molecule has 0 aliphatic carbocycles. The molecule has 1 N–H and O–H groups in total. The Bertz CT molecular complexity index is 890. The second kappa shape index (κ2) is 6.78. The average molecular weight is 357 g/mol. The molecule has 0 bridgehead atoms. The first-order valence-electron chi connectivity index (χ1n) is 7.31. The van der Waals surface area contributed by atoms with E-state index in [1.54, 1.807) is 49.6 Å². The van der Waals surface area contributed by atoms with Crippen LogP contribution in [0.4, 0.5) is 10.5 Å². The van der Waals surface area contributed by atoms with Gasteiger partial charge in [0, 0.05) is 0 Å². The molecule has 0 spiro atoms. The predicted molar refractivity (Wildman–Crippen MR) is 93.4 cm³/mol. The van der Waals surface area contributed by atoms with Crippen molar-refractivity contribution in [3.8, 4) is 5.75 Å². The highest BCUT2D eigenvalue weighted by Gasteiger charge is 2.37. The first kappa shape index (κ1) is 16.7. The van der Waals surface area contributed by atoms with Crippen LogP contribution in [-0.2, 0) is 9.59 Å². The number of imide groups is 2. The average Bonchev–Trinajstić information content (AvgIpc) is 2.60. The van der Waals surface area contributed by atoms with Gasteiger partial charge in [-0.2, -0.15) is 0 Å². The molecule has 4 amide bonds. The van der Waals surface area contributed by atoms with Crippen LogP contribution in [0.2, 0.25) is 5.02 Å². The second-order valence-electron chi connectivity index (χ2n) is 5.18. The Labute approximate surface area is 148 Å². The highest BCUT2D eigenvalue weighted by Crippen LogP contribution is 2.28. The number of nitrogens with zero attached hydrogens (tertiary/aromatic N) is 1. The van der Waals surface area contributed by atoms with Gasteiger partial charge in [0.25, 0.3) is 11.8 Å². The Kier molecular flexibility index (Phi) is 4.54. The number of urea groups is 1. The third-order valence-electron chi connectivity index (χ3n) is 3.62. The van der Waals surface area contributed by atoms with Crippen LogP contribution in [0, 0.1) is 0 Å². The Morgan fingerprint density at radius 2 is 1.72 bits per heavy atom. The summed E-state index contributed by atoms with van der Waals surface area (Å²) >= 11 is 6.07. The maximum atomic E-state index is 12.7. The summed E-state index contributed by atoms with van der Waals surface area (Å²) in [5, 5.41) is 2.38. The zero-order valence-electron chi connectivity index (χ0n) is 13.2. The second-order valence-corrected chi connectivity index (χ2v) is 5.59. The zero-order valence-corrected chi connectivity index (χ0v) is 13.9. The number of halogens is 1. The maximum absolute atomic E-state index is 12.7. The quantitative estimate of drug-likeness (QED) is 0.677. The number of barbiturate groups is 1. The van der Waals surface area contributed by atoms with Crippen LogP contribution in [0.15, 0.2) is 54.1 Å². The summed E-state index contributed by atoms with van der Waals surface area (Å²) in [6.07, 6.45) is 1.41. The number of amides is 4. The summed E-state index contributed by atoms with van der Waals surface area (Å²) in [6, 6.07) is 12.4. The van der Waals surface area contributed by atoms with E-state index in [4.69, 9.17) is 16.3 Å². The van der Waals surface area contributed by atoms with Crippen LogP contribution >= 0.6 is 11.6 Å². The molecule has 0 atom stereocenters. The molecule has 1 saturated heterocycles. The lowest BCUT2D eigenvalue weighted by atomic mass is 10.1. The van der Waals surface area contributed by atoms with Crippen molar-refractivity contribution in [3.63, 3.8) is 0 Å². The number of rotatable bonds is 3. The first-order valence-corrected chi connectivity index (χ1v) is 7.69. The van der Waals surface area contributed by atoms with E-state index in [0.717, 1.165) is 4.90 Å². The fourth-order valence-electron chi connectivity index (χ4n) is 2.38. The van der Waals surface area contributed by atoms with Gasteiger partial charge in [-0.05, 0) is 35.9 Å². The summed E-state index contributed by atoms with van der Waals surface area (Å²) in [7, 11) is 1.54. The van der Waals surface area contributed by atoms with Crippen molar-refractivity contribution in [1.82, 2.24) is 5.32 Å². The third-order valence-corrected chi connectivity index (χ3v) is 3.94. The van der Waals surface area contributed by atoms with Gasteiger partial charge in [0.15, 0.2) is 0 Å². The highest BCUT2D eigenvalue weighted by molar-refractivity contribution is 6.42. The SMILES string of the molecule is COc1ccc(C=C2C(=O)NC(=O)N(c3ccccc3Cl)C2=O)cc1. The number of carbonyl (C=O) groups is 3. The van der Waals surface area contributed by atoms with Crippen LogP contribution in [0.3, 0.4) is 0 Å². The largest absolute Gasteiger partial charge is 0.497 e. The smallest absolute Gasteiger partial charge is 0.335 e. The number of hydrogen-bond acceptors (Lipinski definition) is 4. The van der Waals surface area contributed by atoms with E-state index < -0.39 is 17.8 Å². The van der Waals surface area contributed by atoms with E-state index in [2.05, 4.69) is 5.32 Å². The molecule has 2 aromatic rings. The third kappa shape index (κ3) is 3.25. The number of hydrogen-bond donors (Lipinski definition) is 1. The topological polar surface area (TPSA) is 75.7 Å². The van der Waals surface area contributed by atoms with Crippen LogP contribution in [0.25, 0.3) is 6.08 Å². The summed E-state index contributed by atoms with van der Waals surface area (Å²) in [4.78, 5) is 37.8. The molecular formula is C18H13ClN2O4. The number of para-hydroxylation sites is 1. The number of ether oxygens (including phenoxy) is 1. The molecule has 1 fully saturated rings. The molecule has 0 unspecified atom stereocenters. The minimum absolute atomic E-state index is 0.162. The fraction of sp³-hybridized carbons (Fsp3) is 0.0556. The van der Waals surface area contributed by atoms with Gasteiger partial charge >= 0.3 is 6.03 Å². The molecule has 0 aromatic heterocycles. The van der Waals surface area contributed by atoms with Gasteiger partial charge in [0.05, 0.1) is 17.8 Å². The monoisotopic (exact) mass is 356 g/mol. The minimum atomic E-state index is -0.838. The van der Waals surface area contributed by atoms with Crippen molar-refractivity contribution in [1.29, 1.82) is 0 Å². The van der Waals surface area contributed by atoms with E-state index in [-0.39, 0.29) is 16.3 Å². The Balaban J connectivity index is 2.00. The van der Waals surface area contributed by atoms with Crippen molar-refractivity contribution >= 4 is 41.2 Å². The number of anilines is 1. The van der Waals surface area contributed by atoms with Crippen LogP contribution in [0.1, 0.15) is 5.56 Å². The standard InChI is InChI=1S/C18H13ClN2O4/c1-25-12-8-6-11(7-9-12)10-13-16(22)20-18(24)21(17(13)23)15-5-3-2-4-14(15)19/h2-10H,1H3,(H,20,22,24). The van der Waals surface area contributed by atoms with Crippen molar-refractivity contribution in [2.75, 3.05) is 12.0 Å². The van der Waals surface area contributed by atoms with Crippen molar-refractivity contribution in [3.05, 3.63) is 64.7 Å². The van der Waals surface area contributed by atoms with Gasteiger partial charge < -0.3 is 4.74 Å². The lowest BCUT2D eigenvalue weighted by Gasteiger charge is -2.27. The molecule has 126 valence electrons. The zero-order chi connectivity index (χ0) is 18.0. The molecule has 2 aromatic carbocycles. The molecular weight excluding hydrogens is 344 g/mol. The molecule has 1 aliphatic heterocycles. The van der Waals surface area contributed by atoms with Crippen molar-refractivity contribution in [2.24, 2.45) is 0 Å². The normalized spacial score (nSPS) is 16.2. The number of benzene rings is 2. The highest BCUT2D eigenvalue weighted by atomic mass is 35.5. The Hall–Kier alpha value is -3.12. The van der Waals surface area contributed by atoms with Gasteiger partial charge in [-0.1, -0.05) is 35.9 Å². The molecule has 3 rings (SSSR count). The van der Waals surface area contributed by atoms with Gasteiger partial charge in [-0.15, -0.1) is 0 Å². The van der Waals surface area contributed by atoms with Gasteiger partial charge in [-0.25, -0.2) is 9.69 Å². The Morgan fingerprint density at radius 3 is 2.36 bits per heavy atom. The molecule has 0 radical (unpaired) electrons. The molecule has 1 heterocycles. The predicted octanol–water partition coefficient (Wildman–Crippen LogP) is 3.02. The molecule has 25 heavy (non-hydrogen) atoms. The van der Waals surface area contributed by atoms with Crippen LogP contribution in [-0.4, -0.2) is 25.0 Å². The number of methoxy groups -OCH3 is 1. The van der Waals surface area contributed by atoms with Crippen LogP contribution < -0.4 is 15.0 Å². The first-order chi connectivity index (χ1) is 12.0. The number of carbonyl (C=O) groups excluding carboxylic acids is 3. The summed E-state index contributed by atoms with van der Waals surface area (Å²) < 4.78 is 5.07. The summed E-state index contributed by atoms with van der Waals surface area (Å²) in [6.45, 7) is 0. The summed E-state index contributed by atoms with van der Waals surface area (Å²) in [5.74, 6) is -0.846. The van der Waals surface area contributed by atoms with Gasteiger partial charge in [0.1, 0.15) is 11.3 Å². The Morgan fingerprint density at radius 1 is 1.04 bits per heavy atom. The van der Waals surface area contributed by atoms with Gasteiger partial charge in [0.2, 0.25) is 0 Å². The van der Waals surface area contributed by atoms with E-state index >= 15 is 0 Å². The van der Waals surface area contributed by atoms with E-state index in [1.807, 2.05) is 0 Å². The lowest BCUT2D eigenvalue weighted by Crippen LogP contribution is -2.54. The lowest BCUT2D eigenvalue weighted by molar-refractivity contribution is -0.122.